The zero-order valence-electron chi connectivity index (χ0n) is 13.6. The Hall–Kier alpha value is -3.48. The number of carbonyl (C=O) groups excluding carboxylic acids is 2. The number of rotatable bonds is 5. The van der Waals surface area contributed by atoms with Gasteiger partial charge < -0.3 is 10.6 Å². The number of hydrogen-bond donors (Lipinski definition) is 2. The molecule has 0 fully saturated rings. The molecule has 0 atom stereocenters. The third-order valence-corrected chi connectivity index (χ3v) is 3.47. The van der Waals surface area contributed by atoms with Crippen molar-refractivity contribution in [1.29, 1.82) is 0 Å². The van der Waals surface area contributed by atoms with Gasteiger partial charge in [0.15, 0.2) is 0 Å². The highest BCUT2D eigenvalue weighted by atomic mass is 16.2. The van der Waals surface area contributed by atoms with Crippen LogP contribution in [-0.2, 0) is 16.0 Å². The number of nitrogens with zero attached hydrogens (tertiary/aromatic N) is 3. The number of anilines is 2. The molecule has 25 heavy (non-hydrogen) atoms. The molecule has 0 aliphatic carbocycles. The van der Waals surface area contributed by atoms with Crippen molar-refractivity contribution in [3.63, 3.8) is 0 Å². The summed E-state index contributed by atoms with van der Waals surface area (Å²) in [6.07, 6.45) is 3.33. The summed E-state index contributed by atoms with van der Waals surface area (Å²) in [5.41, 5.74) is 3.15. The molecule has 0 aliphatic heterocycles. The molecule has 126 valence electrons. The molecule has 3 aromatic rings. The highest BCUT2D eigenvalue weighted by Gasteiger charge is 2.05. The third kappa shape index (κ3) is 4.51. The van der Waals surface area contributed by atoms with E-state index in [4.69, 9.17) is 0 Å². The van der Waals surface area contributed by atoms with Crippen LogP contribution in [0.1, 0.15) is 12.5 Å². The fourth-order valence-corrected chi connectivity index (χ4v) is 2.34. The predicted molar refractivity (Wildman–Crippen MR) is 94.4 cm³/mol. The molecule has 0 aliphatic rings. The minimum absolute atomic E-state index is 0.110. The SMILES string of the molecule is CC(=O)Nc1ccc(CC(=O)Nc2ccc(-n3cncn3)cc2)cc1. The van der Waals surface area contributed by atoms with Crippen molar-refractivity contribution in [2.75, 3.05) is 10.6 Å². The van der Waals surface area contributed by atoms with Gasteiger partial charge in [-0.05, 0) is 42.0 Å². The van der Waals surface area contributed by atoms with Gasteiger partial charge in [0, 0.05) is 18.3 Å². The Labute approximate surface area is 144 Å². The maximum atomic E-state index is 12.1. The lowest BCUT2D eigenvalue weighted by Gasteiger charge is -2.07. The summed E-state index contributed by atoms with van der Waals surface area (Å²) >= 11 is 0. The average molecular weight is 335 g/mol. The Kier molecular flexibility index (Phi) is 4.84. The maximum absolute atomic E-state index is 12.1. The Bertz CT molecular complexity index is 855. The lowest BCUT2D eigenvalue weighted by molar-refractivity contribution is -0.116. The number of amides is 2. The van der Waals surface area contributed by atoms with E-state index in [1.54, 1.807) is 23.1 Å². The van der Waals surface area contributed by atoms with Gasteiger partial charge in [-0.2, -0.15) is 5.10 Å². The monoisotopic (exact) mass is 335 g/mol. The second kappa shape index (κ2) is 7.39. The van der Waals surface area contributed by atoms with E-state index >= 15 is 0 Å². The van der Waals surface area contributed by atoms with E-state index < -0.39 is 0 Å². The molecular formula is C18H17N5O2. The van der Waals surface area contributed by atoms with Gasteiger partial charge >= 0.3 is 0 Å². The van der Waals surface area contributed by atoms with Crippen molar-refractivity contribution in [3.8, 4) is 5.69 Å². The minimum Gasteiger partial charge on any atom is -0.326 e. The van der Waals surface area contributed by atoms with Crippen LogP contribution in [0.2, 0.25) is 0 Å². The molecule has 7 nitrogen and oxygen atoms in total. The standard InChI is InChI=1S/C18H17N5O2/c1-13(24)21-15-4-2-14(3-5-15)10-18(25)22-16-6-8-17(9-7-16)23-12-19-11-20-23/h2-9,11-12H,10H2,1H3,(H,21,24)(H,22,25). The highest BCUT2D eigenvalue weighted by Crippen LogP contribution is 2.14. The fourth-order valence-electron chi connectivity index (χ4n) is 2.34. The van der Waals surface area contributed by atoms with E-state index in [0.29, 0.717) is 11.4 Å². The molecule has 0 radical (unpaired) electrons. The van der Waals surface area contributed by atoms with Crippen LogP contribution in [0, 0.1) is 0 Å². The van der Waals surface area contributed by atoms with Crippen molar-refractivity contribution >= 4 is 23.2 Å². The Morgan fingerprint density at radius 3 is 2.20 bits per heavy atom. The van der Waals surface area contributed by atoms with Crippen molar-refractivity contribution in [1.82, 2.24) is 14.8 Å². The molecule has 1 heterocycles. The molecule has 2 aromatic carbocycles. The number of nitrogens with one attached hydrogen (secondary N) is 2. The first-order chi connectivity index (χ1) is 12.1. The first-order valence-corrected chi connectivity index (χ1v) is 7.71. The van der Waals surface area contributed by atoms with Crippen LogP contribution < -0.4 is 10.6 Å². The number of hydrogen-bond acceptors (Lipinski definition) is 4. The first-order valence-electron chi connectivity index (χ1n) is 7.71. The van der Waals surface area contributed by atoms with E-state index in [1.165, 1.54) is 13.3 Å². The second-order valence-electron chi connectivity index (χ2n) is 5.49. The molecule has 0 unspecified atom stereocenters. The average Bonchev–Trinajstić information content (AvgIpc) is 3.11. The molecule has 2 amide bonds. The van der Waals surface area contributed by atoms with Crippen LogP contribution >= 0.6 is 0 Å². The van der Waals surface area contributed by atoms with Crippen molar-refractivity contribution in [3.05, 3.63) is 66.7 Å². The molecular weight excluding hydrogens is 318 g/mol. The predicted octanol–water partition coefficient (Wildman–Crippen LogP) is 2.41. The lowest BCUT2D eigenvalue weighted by Crippen LogP contribution is -2.14. The van der Waals surface area contributed by atoms with E-state index in [2.05, 4.69) is 20.7 Å². The summed E-state index contributed by atoms with van der Waals surface area (Å²) in [5, 5.41) is 9.60. The number of aromatic nitrogens is 3. The summed E-state index contributed by atoms with van der Waals surface area (Å²) in [6.45, 7) is 1.45. The van der Waals surface area contributed by atoms with E-state index in [-0.39, 0.29) is 18.2 Å². The van der Waals surface area contributed by atoms with Gasteiger partial charge in [-0.15, -0.1) is 0 Å². The topological polar surface area (TPSA) is 88.9 Å². The van der Waals surface area contributed by atoms with E-state index in [1.807, 2.05) is 36.4 Å². The van der Waals surface area contributed by atoms with Crippen LogP contribution in [0.25, 0.3) is 5.69 Å². The maximum Gasteiger partial charge on any atom is 0.228 e. The van der Waals surface area contributed by atoms with E-state index in [9.17, 15) is 9.59 Å². The van der Waals surface area contributed by atoms with E-state index in [0.717, 1.165) is 11.3 Å². The van der Waals surface area contributed by atoms with Crippen molar-refractivity contribution in [2.24, 2.45) is 0 Å². The summed E-state index contributed by atoms with van der Waals surface area (Å²) in [5.74, 6) is -0.236. The smallest absolute Gasteiger partial charge is 0.228 e. The summed E-state index contributed by atoms with van der Waals surface area (Å²) in [7, 11) is 0. The van der Waals surface area contributed by atoms with Gasteiger partial charge in [0.1, 0.15) is 12.7 Å². The highest BCUT2D eigenvalue weighted by molar-refractivity contribution is 5.92. The van der Waals surface area contributed by atoms with Gasteiger partial charge in [0.05, 0.1) is 12.1 Å². The number of carbonyl (C=O) groups is 2. The van der Waals surface area contributed by atoms with Gasteiger partial charge in [0.25, 0.3) is 0 Å². The molecule has 3 rings (SSSR count). The van der Waals surface area contributed by atoms with Crippen LogP contribution in [0.3, 0.4) is 0 Å². The largest absolute Gasteiger partial charge is 0.326 e. The fraction of sp³-hybridized carbons (Fsp3) is 0.111. The molecule has 0 saturated carbocycles. The Morgan fingerprint density at radius 1 is 0.960 bits per heavy atom. The van der Waals surface area contributed by atoms with Crippen molar-refractivity contribution in [2.45, 2.75) is 13.3 Å². The van der Waals surface area contributed by atoms with Crippen molar-refractivity contribution < 1.29 is 9.59 Å². The Balaban J connectivity index is 1.58. The summed E-state index contributed by atoms with van der Waals surface area (Å²) in [4.78, 5) is 27.0. The molecule has 0 spiro atoms. The quantitative estimate of drug-likeness (QED) is 0.749. The summed E-state index contributed by atoms with van der Waals surface area (Å²) in [6, 6.07) is 14.5. The zero-order valence-corrected chi connectivity index (χ0v) is 13.6. The van der Waals surface area contributed by atoms with Crippen LogP contribution in [0.4, 0.5) is 11.4 Å². The minimum atomic E-state index is -0.125. The molecule has 0 saturated heterocycles. The lowest BCUT2D eigenvalue weighted by atomic mass is 10.1. The number of benzene rings is 2. The van der Waals surface area contributed by atoms with Crippen LogP contribution in [-0.4, -0.2) is 26.6 Å². The van der Waals surface area contributed by atoms with Crippen LogP contribution in [0.5, 0.6) is 0 Å². The molecule has 1 aromatic heterocycles. The second-order valence-corrected chi connectivity index (χ2v) is 5.49. The normalized spacial score (nSPS) is 10.3. The van der Waals surface area contributed by atoms with Gasteiger partial charge in [0.2, 0.25) is 11.8 Å². The summed E-state index contributed by atoms with van der Waals surface area (Å²) < 4.78 is 1.64. The molecule has 0 bridgehead atoms. The van der Waals surface area contributed by atoms with Gasteiger partial charge in [-0.3, -0.25) is 9.59 Å². The molecule has 2 N–H and O–H groups in total. The third-order valence-electron chi connectivity index (χ3n) is 3.47. The van der Waals surface area contributed by atoms with Gasteiger partial charge in [-0.25, -0.2) is 9.67 Å². The van der Waals surface area contributed by atoms with Gasteiger partial charge in [-0.1, -0.05) is 12.1 Å². The Morgan fingerprint density at radius 2 is 1.60 bits per heavy atom. The molecule has 7 heteroatoms. The van der Waals surface area contributed by atoms with Crippen LogP contribution in [0.15, 0.2) is 61.2 Å². The zero-order chi connectivity index (χ0) is 17.6. The first kappa shape index (κ1) is 16.4.